The average Bonchev–Trinajstić information content (AvgIpc) is 2.31. The summed E-state index contributed by atoms with van der Waals surface area (Å²) in [6.45, 7) is 13.7. The lowest BCUT2D eigenvalue weighted by Gasteiger charge is -2.23. The van der Waals surface area contributed by atoms with Gasteiger partial charge in [0, 0.05) is 12.6 Å². The summed E-state index contributed by atoms with van der Waals surface area (Å²) < 4.78 is 0. The third-order valence-corrected chi connectivity index (χ3v) is 3.30. The molecule has 0 rings (SSSR count). The predicted molar refractivity (Wildman–Crippen MR) is 79.3 cm³/mol. The predicted octanol–water partition coefficient (Wildman–Crippen LogP) is 4.43. The Hall–Kier alpha value is -0.820. The summed E-state index contributed by atoms with van der Waals surface area (Å²) in [6.07, 6.45) is 11.2. The lowest BCUT2D eigenvalue weighted by atomic mass is 10.00. The molecule has 2 unspecified atom stereocenters. The molecule has 0 amide bonds. The Morgan fingerprint density at radius 1 is 1.35 bits per heavy atom. The average molecular weight is 235 g/mol. The zero-order chi connectivity index (χ0) is 13.3. The van der Waals surface area contributed by atoms with Crippen molar-refractivity contribution in [3.8, 4) is 0 Å². The third-order valence-electron chi connectivity index (χ3n) is 3.30. The quantitative estimate of drug-likeness (QED) is 0.562. The number of allylic oxidation sites excluding steroid dienone is 3. The molecule has 0 radical (unpaired) electrons. The highest BCUT2D eigenvalue weighted by Gasteiger charge is 2.07. The van der Waals surface area contributed by atoms with Gasteiger partial charge in [-0.05, 0) is 39.7 Å². The molecule has 17 heavy (non-hydrogen) atoms. The van der Waals surface area contributed by atoms with Crippen LogP contribution >= 0.6 is 0 Å². The van der Waals surface area contributed by atoms with Gasteiger partial charge in [0.1, 0.15) is 0 Å². The largest absolute Gasteiger partial charge is 0.296 e. The van der Waals surface area contributed by atoms with E-state index >= 15 is 0 Å². The molecule has 98 valence electrons. The van der Waals surface area contributed by atoms with E-state index in [-0.39, 0.29) is 0 Å². The van der Waals surface area contributed by atoms with Crippen LogP contribution in [0.3, 0.4) is 0 Å². The van der Waals surface area contributed by atoms with Crippen LogP contribution in [0.2, 0.25) is 0 Å². The van der Waals surface area contributed by atoms with E-state index in [9.17, 15) is 0 Å². The lowest BCUT2D eigenvalue weighted by Crippen LogP contribution is -2.29. The summed E-state index contributed by atoms with van der Waals surface area (Å²) >= 11 is 0. The molecule has 0 bridgehead atoms. The van der Waals surface area contributed by atoms with Crippen molar-refractivity contribution in [2.45, 2.75) is 46.6 Å². The minimum atomic E-state index is 0.545. The van der Waals surface area contributed by atoms with E-state index in [1.165, 1.54) is 5.57 Å². The van der Waals surface area contributed by atoms with Crippen LogP contribution in [-0.4, -0.2) is 24.5 Å². The van der Waals surface area contributed by atoms with Gasteiger partial charge in [0.2, 0.25) is 0 Å². The molecule has 0 aromatic heterocycles. The number of hydrogen-bond acceptors (Lipinski definition) is 1. The summed E-state index contributed by atoms with van der Waals surface area (Å²) in [5, 5.41) is 0. The maximum atomic E-state index is 4.00. The van der Waals surface area contributed by atoms with Crippen LogP contribution in [-0.2, 0) is 0 Å². The fourth-order valence-corrected chi connectivity index (χ4v) is 1.64. The summed E-state index contributed by atoms with van der Waals surface area (Å²) in [6, 6.07) is 0.545. The first-order valence-electron chi connectivity index (χ1n) is 6.66. The Morgan fingerprint density at radius 2 is 2.00 bits per heavy atom. The van der Waals surface area contributed by atoms with Crippen LogP contribution in [0.4, 0.5) is 0 Å². The van der Waals surface area contributed by atoms with Crippen molar-refractivity contribution in [2.24, 2.45) is 5.92 Å². The molecule has 0 spiro atoms. The highest BCUT2D eigenvalue weighted by molar-refractivity contribution is 5.01. The Kier molecular flexibility index (Phi) is 8.79. The molecule has 0 aliphatic carbocycles. The van der Waals surface area contributed by atoms with E-state index in [1.807, 2.05) is 0 Å². The second-order valence-electron chi connectivity index (χ2n) is 4.90. The number of likely N-dealkylation sites (N-methyl/N-ethyl adjacent to an activating group) is 1. The lowest BCUT2D eigenvalue weighted by molar-refractivity contribution is 0.304. The van der Waals surface area contributed by atoms with E-state index in [2.05, 4.69) is 70.5 Å². The van der Waals surface area contributed by atoms with E-state index < -0.39 is 0 Å². The van der Waals surface area contributed by atoms with Gasteiger partial charge in [-0.25, -0.2) is 0 Å². The van der Waals surface area contributed by atoms with Gasteiger partial charge in [0.25, 0.3) is 0 Å². The van der Waals surface area contributed by atoms with Gasteiger partial charge >= 0.3 is 0 Å². The molecular weight excluding hydrogens is 206 g/mol. The van der Waals surface area contributed by atoms with Gasteiger partial charge in [-0.1, -0.05) is 50.3 Å². The first kappa shape index (κ1) is 16.2. The van der Waals surface area contributed by atoms with Crippen molar-refractivity contribution in [3.63, 3.8) is 0 Å². The van der Waals surface area contributed by atoms with Crippen molar-refractivity contribution in [3.05, 3.63) is 36.5 Å². The Morgan fingerprint density at radius 3 is 2.47 bits per heavy atom. The topological polar surface area (TPSA) is 3.24 Å². The van der Waals surface area contributed by atoms with Crippen LogP contribution in [0.1, 0.15) is 40.5 Å². The standard InChI is InChI=1S/C16H29N/c1-7-9-13-17(6)16(8-2)12-10-11-15(5)14(3)4/h7,9-10,12,15-16H,3,8,11,13H2,1-2,4-6H3/b9-7+,12-10+. The van der Waals surface area contributed by atoms with Crippen LogP contribution in [0.25, 0.3) is 0 Å². The summed E-state index contributed by atoms with van der Waals surface area (Å²) in [7, 11) is 2.18. The summed E-state index contributed by atoms with van der Waals surface area (Å²) in [5.41, 5.74) is 1.27. The fourth-order valence-electron chi connectivity index (χ4n) is 1.64. The molecule has 0 N–H and O–H groups in total. The van der Waals surface area contributed by atoms with Crippen molar-refractivity contribution < 1.29 is 0 Å². The Bertz CT molecular complexity index is 263. The van der Waals surface area contributed by atoms with Crippen LogP contribution in [0, 0.1) is 5.92 Å². The van der Waals surface area contributed by atoms with Crippen molar-refractivity contribution >= 4 is 0 Å². The van der Waals surface area contributed by atoms with E-state index in [4.69, 9.17) is 0 Å². The minimum Gasteiger partial charge on any atom is -0.296 e. The van der Waals surface area contributed by atoms with Crippen molar-refractivity contribution in [2.75, 3.05) is 13.6 Å². The molecule has 0 heterocycles. The van der Waals surface area contributed by atoms with E-state index in [1.54, 1.807) is 0 Å². The first-order valence-corrected chi connectivity index (χ1v) is 6.66. The summed E-state index contributed by atoms with van der Waals surface area (Å²) in [5.74, 6) is 0.588. The zero-order valence-electron chi connectivity index (χ0n) is 12.2. The van der Waals surface area contributed by atoms with Crippen LogP contribution in [0.15, 0.2) is 36.5 Å². The SMILES string of the molecule is C=C(C)C(C)C/C=C/C(CC)N(C)C/C=C/C. The number of hydrogen-bond donors (Lipinski definition) is 0. The van der Waals surface area contributed by atoms with Gasteiger partial charge in [-0.15, -0.1) is 0 Å². The molecule has 0 fully saturated rings. The van der Waals surface area contributed by atoms with Gasteiger partial charge in [-0.2, -0.15) is 0 Å². The molecule has 0 saturated carbocycles. The monoisotopic (exact) mass is 235 g/mol. The molecule has 0 aromatic carbocycles. The van der Waals surface area contributed by atoms with E-state index in [0.717, 1.165) is 19.4 Å². The zero-order valence-corrected chi connectivity index (χ0v) is 12.2. The van der Waals surface area contributed by atoms with Gasteiger partial charge in [0.15, 0.2) is 0 Å². The van der Waals surface area contributed by atoms with Gasteiger partial charge in [-0.3, -0.25) is 4.90 Å². The second kappa shape index (κ2) is 9.23. The molecule has 0 aromatic rings. The second-order valence-corrected chi connectivity index (χ2v) is 4.90. The highest BCUT2D eigenvalue weighted by atomic mass is 15.1. The molecular formula is C16H29N. The highest BCUT2D eigenvalue weighted by Crippen LogP contribution is 2.13. The normalized spacial score (nSPS) is 15.9. The van der Waals surface area contributed by atoms with E-state index in [0.29, 0.717) is 12.0 Å². The first-order chi connectivity index (χ1) is 8.02. The Labute approximate surface area is 108 Å². The summed E-state index contributed by atoms with van der Waals surface area (Å²) in [4.78, 5) is 2.38. The molecule has 1 nitrogen and oxygen atoms in total. The number of rotatable bonds is 8. The minimum absolute atomic E-state index is 0.545. The molecule has 1 heteroatoms. The van der Waals surface area contributed by atoms with Gasteiger partial charge < -0.3 is 0 Å². The third kappa shape index (κ3) is 7.17. The maximum absolute atomic E-state index is 4.00. The van der Waals surface area contributed by atoms with Crippen LogP contribution in [0.5, 0.6) is 0 Å². The molecule has 0 aliphatic heterocycles. The maximum Gasteiger partial charge on any atom is 0.0275 e. The molecule has 0 aliphatic rings. The Balaban J connectivity index is 4.19. The number of nitrogens with zero attached hydrogens (tertiary/aromatic N) is 1. The molecule has 0 saturated heterocycles. The fraction of sp³-hybridized carbons (Fsp3) is 0.625. The van der Waals surface area contributed by atoms with Gasteiger partial charge in [0.05, 0.1) is 0 Å². The smallest absolute Gasteiger partial charge is 0.0275 e. The van der Waals surface area contributed by atoms with Crippen LogP contribution < -0.4 is 0 Å². The van der Waals surface area contributed by atoms with Crippen molar-refractivity contribution in [1.29, 1.82) is 0 Å². The molecule has 2 atom stereocenters. The van der Waals surface area contributed by atoms with Crippen molar-refractivity contribution in [1.82, 2.24) is 4.90 Å².